The number of rotatable bonds is 3. The second-order valence-electron chi connectivity index (χ2n) is 4.21. The summed E-state index contributed by atoms with van der Waals surface area (Å²) in [6, 6.07) is 8.07. The maximum atomic E-state index is 11.8. The van der Waals surface area contributed by atoms with Crippen LogP contribution in [0.15, 0.2) is 24.3 Å². The van der Waals surface area contributed by atoms with Gasteiger partial charge in [-0.05, 0) is 47.2 Å². The van der Waals surface area contributed by atoms with E-state index in [0.717, 1.165) is 18.7 Å². The number of ether oxygens (including phenoxy) is 1. The Morgan fingerprint density at radius 1 is 1.29 bits per heavy atom. The van der Waals surface area contributed by atoms with Crippen LogP contribution in [0.3, 0.4) is 0 Å². The Morgan fingerprint density at radius 2 is 1.88 bits per heavy atom. The molecular weight excluding hydrogens is 329 g/mol. The van der Waals surface area contributed by atoms with Crippen LogP contribution >= 0.6 is 22.6 Å². The summed E-state index contributed by atoms with van der Waals surface area (Å²) in [4.78, 5) is 14.0. The molecular formula is C13H16INO2. The standard InChI is InChI=1S/C13H16INO2/c1-10(16)13(15-6-8-17-9-7-15)11-2-4-12(14)5-3-11/h2-5,13H,6-9H2,1H3. The van der Waals surface area contributed by atoms with Gasteiger partial charge in [0.2, 0.25) is 0 Å². The van der Waals surface area contributed by atoms with Crippen molar-refractivity contribution in [2.75, 3.05) is 26.3 Å². The Bertz CT molecular complexity index is 385. The van der Waals surface area contributed by atoms with Gasteiger partial charge in [0.15, 0.2) is 5.78 Å². The average molecular weight is 345 g/mol. The van der Waals surface area contributed by atoms with Crippen LogP contribution in [0.1, 0.15) is 18.5 Å². The van der Waals surface area contributed by atoms with Gasteiger partial charge in [-0.3, -0.25) is 9.69 Å². The predicted molar refractivity (Wildman–Crippen MR) is 75.0 cm³/mol. The molecule has 1 aliphatic heterocycles. The monoisotopic (exact) mass is 345 g/mol. The fourth-order valence-electron chi connectivity index (χ4n) is 2.18. The Morgan fingerprint density at radius 3 is 2.41 bits per heavy atom. The van der Waals surface area contributed by atoms with Crippen molar-refractivity contribution in [3.63, 3.8) is 0 Å². The number of nitrogens with zero attached hydrogens (tertiary/aromatic N) is 1. The molecule has 2 rings (SSSR count). The number of benzene rings is 1. The third-order valence-corrected chi connectivity index (χ3v) is 3.70. The molecule has 0 N–H and O–H groups in total. The van der Waals surface area contributed by atoms with Crippen molar-refractivity contribution in [1.29, 1.82) is 0 Å². The van der Waals surface area contributed by atoms with Gasteiger partial charge in [-0.2, -0.15) is 0 Å². The van der Waals surface area contributed by atoms with Crippen molar-refractivity contribution in [2.45, 2.75) is 13.0 Å². The van der Waals surface area contributed by atoms with E-state index < -0.39 is 0 Å². The normalized spacial score (nSPS) is 18.9. The number of carbonyl (C=O) groups is 1. The van der Waals surface area contributed by atoms with E-state index in [9.17, 15) is 4.79 Å². The van der Waals surface area contributed by atoms with Gasteiger partial charge in [-0.15, -0.1) is 0 Å². The molecule has 0 spiro atoms. The molecule has 1 aromatic carbocycles. The first kappa shape index (κ1) is 13.0. The largest absolute Gasteiger partial charge is 0.379 e. The van der Waals surface area contributed by atoms with Gasteiger partial charge in [0.1, 0.15) is 0 Å². The van der Waals surface area contributed by atoms with Gasteiger partial charge in [-0.25, -0.2) is 0 Å². The summed E-state index contributed by atoms with van der Waals surface area (Å²) in [5.74, 6) is 0.202. The Kier molecular flexibility index (Phi) is 4.53. The highest BCUT2D eigenvalue weighted by atomic mass is 127. The Balaban J connectivity index is 2.21. The Hall–Kier alpha value is -0.460. The predicted octanol–water partition coefficient (Wildman–Crippen LogP) is 2.25. The zero-order valence-electron chi connectivity index (χ0n) is 9.86. The second-order valence-corrected chi connectivity index (χ2v) is 5.46. The molecule has 0 radical (unpaired) electrons. The molecule has 1 aliphatic rings. The van der Waals surface area contributed by atoms with E-state index in [1.807, 2.05) is 24.3 Å². The fraction of sp³-hybridized carbons (Fsp3) is 0.462. The molecule has 1 fully saturated rings. The summed E-state index contributed by atoms with van der Waals surface area (Å²) >= 11 is 2.27. The van der Waals surface area contributed by atoms with E-state index in [-0.39, 0.29) is 11.8 Å². The average Bonchev–Trinajstić information content (AvgIpc) is 2.33. The quantitative estimate of drug-likeness (QED) is 0.787. The molecule has 0 aromatic heterocycles. The summed E-state index contributed by atoms with van der Waals surface area (Å²) < 4.78 is 6.52. The molecule has 0 saturated carbocycles. The summed E-state index contributed by atoms with van der Waals surface area (Å²) in [7, 11) is 0. The number of halogens is 1. The molecule has 1 atom stereocenters. The van der Waals surface area contributed by atoms with Crippen molar-refractivity contribution in [3.05, 3.63) is 33.4 Å². The van der Waals surface area contributed by atoms with Gasteiger partial charge < -0.3 is 4.74 Å². The van der Waals surface area contributed by atoms with Crippen molar-refractivity contribution in [1.82, 2.24) is 4.90 Å². The highest BCUT2D eigenvalue weighted by Crippen LogP contribution is 2.23. The second kappa shape index (κ2) is 5.93. The summed E-state index contributed by atoms with van der Waals surface area (Å²) in [5, 5.41) is 0. The zero-order valence-corrected chi connectivity index (χ0v) is 12.0. The zero-order chi connectivity index (χ0) is 12.3. The van der Waals surface area contributed by atoms with Gasteiger partial charge in [-0.1, -0.05) is 12.1 Å². The molecule has 0 bridgehead atoms. The number of carbonyl (C=O) groups excluding carboxylic acids is 1. The van der Waals surface area contributed by atoms with Crippen LogP contribution in [0.5, 0.6) is 0 Å². The van der Waals surface area contributed by atoms with Crippen molar-refractivity contribution >= 4 is 28.4 Å². The van der Waals surface area contributed by atoms with Crippen LogP contribution in [-0.2, 0) is 9.53 Å². The third kappa shape index (κ3) is 3.26. The highest BCUT2D eigenvalue weighted by Gasteiger charge is 2.25. The first-order valence-corrected chi connectivity index (χ1v) is 6.84. The molecule has 1 saturated heterocycles. The lowest BCUT2D eigenvalue weighted by Gasteiger charge is -2.33. The lowest BCUT2D eigenvalue weighted by atomic mass is 10.0. The van der Waals surface area contributed by atoms with Crippen LogP contribution in [0.4, 0.5) is 0 Å². The number of hydrogen-bond donors (Lipinski definition) is 0. The lowest BCUT2D eigenvalue weighted by molar-refractivity contribution is -0.124. The molecule has 0 amide bonds. The molecule has 1 unspecified atom stereocenters. The molecule has 1 aromatic rings. The van der Waals surface area contributed by atoms with E-state index >= 15 is 0 Å². The molecule has 1 heterocycles. The van der Waals surface area contributed by atoms with Crippen molar-refractivity contribution < 1.29 is 9.53 Å². The van der Waals surface area contributed by atoms with E-state index in [4.69, 9.17) is 4.74 Å². The summed E-state index contributed by atoms with van der Waals surface area (Å²) in [6.07, 6.45) is 0. The number of hydrogen-bond acceptors (Lipinski definition) is 3. The first-order valence-electron chi connectivity index (χ1n) is 5.76. The summed E-state index contributed by atoms with van der Waals surface area (Å²) in [5.41, 5.74) is 1.08. The van der Waals surface area contributed by atoms with Gasteiger partial charge in [0, 0.05) is 16.7 Å². The van der Waals surface area contributed by atoms with Crippen LogP contribution in [0, 0.1) is 3.57 Å². The maximum absolute atomic E-state index is 11.8. The fourth-order valence-corrected chi connectivity index (χ4v) is 2.54. The van der Waals surface area contributed by atoms with E-state index in [0.29, 0.717) is 13.2 Å². The third-order valence-electron chi connectivity index (χ3n) is 2.98. The summed E-state index contributed by atoms with van der Waals surface area (Å²) in [6.45, 7) is 4.76. The topological polar surface area (TPSA) is 29.5 Å². The van der Waals surface area contributed by atoms with Crippen molar-refractivity contribution in [2.24, 2.45) is 0 Å². The van der Waals surface area contributed by atoms with Crippen molar-refractivity contribution in [3.8, 4) is 0 Å². The molecule has 17 heavy (non-hydrogen) atoms. The van der Waals surface area contributed by atoms with Gasteiger partial charge >= 0.3 is 0 Å². The molecule has 92 valence electrons. The first-order chi connectivity index (χ1) is 8.18. The SMILES string of the molecule is CC(=O)C(c1ccc(I)cc1)N1CCOCC1. The van der Waals surface area contributed by atoms with Crippen LogP contribution < -0.4 is 0 Å². The van der Waals surface area contributed by atoms with Gasteiger partial charge in [0.25, 0.3) is 0 Å². The smallest absolute Gasteiger partial charge is 0.151 e. The lowest BCUT2D eigenvalue weighted by Crippen LogP contribution is -2.41. The van der Waals surface area contributed by atoms with Crippen LogP contribution in [0.25, 0.3) is 0 Å². The van der Waals surface area contributed by atoms with E-state index in [1.165, 1.54) is 3.57 Å². The number of Topliss-reactive ketones (excluding diaryl/α,β-unsaturated/α-hetero) is 1. The minimum atomic E-state index is -0.115. The van der Waals surface area contributed by atoms with Gasteiger partial charge in [0.05, 0.1) is 19.3 Å². The van der Waals surface area contributed by atoms with E-state index in [2.05, 4.69) is 27.5 Å². The molecule has 0 aliphatic carbocycles. The van der Waals surface area contributed by atoms with Crippen LogP contribution in [0.2, 0.25) is 0 Å². The molecule has 4 heteroatoms. The Labute approximate surface area is 115 Å². The minimum absolute atomic E-state index is 0.115. The highest BCUT2D eigenvalue weighted by molar-refractivity contribution is 14.1. The number of ketones is 1. The minimum Gasteiger partial charge on any atom is -0.379 e. The maximum Gasteiger partial charge on any atom is 0.151 e. The molecule has 3 nitrogen and oxygen atoms in total. The van der Waals surface area contributed by atoms with Crippen LogP contribution in [-0.4, -0.2) is 37.0 Å². The number of morpholine rings is 1. The van der Waals surface area contributed by atoms with E-state index in [1.54, 1.807) is 6.92 Å².